The van der Waals surface area contributed by atoms with Crippen molar-refractivity contribution in [3.63, 3.8) is 0 Å². The van der Waals surface area contributed by atoms with E-state index in [9.17, 15) is 4.79 Å². The van der Waals surface area contributed by atoms with Crippen LogP contribution in [0.25, 0.3) is 0 Å². The van der Waals surface area contributed by atoms with E-state index >= 15 is 0 Å². The highest BCUT2D eigenvalue weighted by Crippen LogP contribution is 2.37. The van der Waals surface area contributed by atoms with Gasteiger partial charge in [-0.1, -0.05) is 11.6 Å². The first-order valence-electron chi connectivity index (χ1n) is 7.82. The highest BCUT2D eigenvalue weighted by molar-refractivity contribution is 6.31. The Morgan fingerprint density at radius 2 is 2.14 bits per heavy atom. The third-order valence-corrected chi connectivity index (χ3v) is 4.34. The van der Waals surface area contributed by atoms with E-state index in [-0.39, 0.29) is 5.91 Å². The molecule has 1 aromatic heterocycles. The second-order valence-corrected chi connectivity index (χ2v) is 6.32. The van der Waals surface area contributed by atoms with E-state index in [0.29, 0.717) is 16.8 Å². The Kier molecular flexibility index (Phi) is 4.83. The van der Waals surface area contributed by atoms with Crippen molar-refractivity contribution in [2.24, 2.45) is 0 Å². The van der Waals surface area contributed by atoms with Crippen molar-refractivity contribution >= 4 is 17.5 Å². The number of halogens is 1. The fourth-order valence-electron chi connectivity index (χ4n) is 2.81. The van der Waals surface area contributed by atoms with Gasteiger partial charge in [-0.05, 0) is 31.9 Å². The molecule has 6 heteroatoms. The van der Waals surface area contributed by atoms with Crippen LogP contribution in [0.3, 0.4) is 0 Å². The van der Waals surface area contributed by atoms with E-state index in [2.05, 4.69) is 15.5 Å². The Balaban J connectivity index is 1.43. The quantitative estimate of drug-likeness (QED) is 0.783. The minimum absolute atomic E-state index is 0.00545. The molecule has 0 unspecified atom stereocenters. The first-order valence-corrected chi connectivity index (χ1v) is 8.20. The molecule has 1 saturated carbocycles. The summed E-state index contributed by atoms with van der Waals surface area (Å²) >= 11 is 6.03. The van der Waals surface area contributed by atoms with Crippen molar-refractivity contribution in [1.82, 2.24) is 20.1 Å². The van der Waals surface area contributed by atoms with Crippen molar-refractivity contribution in [2.75, 3.05) is 39.3 Å². The predicted octanol–water partition coefficient (Wildman–Crippen LogP) is 1.50. The lowest BCUT2D eigenvalue weighted by molar-refractivity contribution is 0.0942. The van der Waals surface area contributed by atoms with Crippen LogP contribution in [0.15, 0.2) is 12.3 Å². The first kappa shape index (κ1) is 14.9. The van der Waals surface area contributed by atoms with Gasteiger partial charge in [0.25, 0.3) is 5.91 Å². The Labute approximate surface area is 130 Å². The molecular formula is C15H23ClN4O. The predicted molar refractivity (Wildman–Crippen MR) is 84.0 cm³/mol. The van der Waals surface area contributed by atoms with Crippen molar-refractivity contribution in [3.8, 4) is 0 Å². The van der Waals surface area contributed by atoms with Crippen LogP contribution in [-0.2, 0) is 0 Å². The molecule has 1 aromatic rings. The van der Waals surface area contributed by atoms with Crippen LogP contribution in [0, 0.1) is 0 Å². The number of carbonyl (C=O) groups excluding carboxylic acids is 1. The summed E-state index contributed by atoms with van der Waals surface area (Å²) in [7, 11) is 0. The van der Waals surface area contributed by atoms with Gasteiger partial charge in [0.15, 0.2) is 0 Å². The second-order valence-electron chi connectivity index (χ2n) is 5.88. The van der Waals surface area contributed by atoms with E-state index in [4.69, 9.17) is 11.6 Å². The first-order chi connectivity index (χ1) is 10.2. The van der Waals surface area contributed by atoms with Crippen LogP contribution >= 0.6 is 11.6 Å². The minimum atomic E-state index is -0.00545. The molecule has 2 fully saturated rings. The highest BCUT2D eigenvalue weighted by Gasteiger charge is 2.27. The topological polar surface area (TPSA) is 49.3 Å². The zero-order valence-corrected chi connectivity index (χ0v) is 13.0. The number of nitrogens with zero attached hydrogens (tertiary/aromatic N) is 2. The summed E-state index contributed by atoms with van der Waals surface area (Å²) in [5, 5.41) is 7.00. The standard InChI is InChI=1S/C15H23ClN4O/c16-12-10-14(20(11-12)13-2-3-13)15(21)18-4-1-7-19-8-5-17-6-9-19/h10-11,13,17H,1-9H2,(H,18,21). The largest absolute Gasteiger partial charge is 0.351 e. The van der Waals surface area contributed by atoms with Gasteiger partial charge in [-0.2, -0.15) is 0 Å². The summed E-state index contributed by atoms with van der Waals surface area (Å²) in [5.74, 6) is -0.00545. The molecular weight excluding hydrogens is 288 g/mol. The molecule has 1 aliphatic carbocycles. The summed E-state index contributed by atoms with van der Waals surface area (Å²) in [4.78, 5) is 14.7. The molecule has 2 N–H and O–H groups in total. The maximum absolute atomic E-state index is 12.2. The lowest BCUT2D eigenvalue weighted by Gasteiger charge is -2.27. The van der Waals surface area contributed by atoms with Gasteiger partial charge in [-0.3, -0.25) is 4.79 Å². The highest BCUT2D eigenvalue weighted by atomic mass is 35.5. The van der Waals surface area contributed by atoms with Gasteiger partial charge in [-0.25, -0.2) is 0 Å². The van der Waals surface area contributed by atoms with Gasteiger partial charge in [0, 0.05) is 45.0 Å². The molecule has 0 bridgehead atoms. The number of nitrogens with one attached hydrogen (secondary N) is 2. The van der Waals surface area contributed by atoms with E-state index in [1.807, 2.05) is 10.8 Å². The normalized spacial score (nSPS) is 19.7. The molecule has 0 radical (unpaired) electrons. The molecule has 2 aliphatic rings. The monoisotopic (exact) mass is 310 g/mol. The van der Waals surface area contributed by atoms with Crippen molar-refractivity contribution < 1.29 is 4.79 Å². The van der Waals surface area contributed by atoms with Gasteiger partial charge < -0.3 is 20.1 Å². The SMILES string of the molecule is O=C(NCCCN1CCNCC1)c1cc(Cl)cn1C1CC1. The average Bonchev–Trinajstić information content (AvgIpc) is 3.27. The molecule has 116 valence electrons. The molecule has 5 nitrogen and oxygen atoms in total. The molecule has 1 amide bonds. The maximum atomic E-state index is 12.2. The molecule has 1 aliphatic heterocycles. The van der Waals surface area contributed by atoms with Gasteiger partial charge >= 0.3 is 0 Å². The molecule has 21 heavy (non-hydrogen) atoms. The van der Waals surface area contributed by atoms with Crippen LogP contribution in [-0.4, -0.2) is 54.6 Å². The zero-order chi connectivity index (χ0) is 14.7. The fraction of sp³-hybridized carbons (Fsp3) is 0.667. The van der Waals surface area contributed by atoms with Crippen LogP contribution in [0.5, 0.6) is 0 Å². The smallest absolute Gasteiger partial charge is 0.267 e. The minimum Gasteiger partial charge on any atom is -0.351 e. The van der Waals surface area contributed by atoms with Gasteiger partial charge in [0.05, 0.1) is 5.02 Å². The number of amides is 1. The number of hydrogen-bond donors (Lipinski definition) is 2. The van der Waals surface area contributed by atoms with Crippen molar-refractivity contribution in [1.29, 1.82) is 0 Å². The summed E-state index contributed by atoms with van der Waals surface area (Å²) < 4.78 is 2.02. The molecule has 0 aromatic carbocycles. The maximum Gasteiger partial charge on any atom is 0.267 e. The van der Waals surface area contributed by atoms with Crippen molar-refractivity contribution in [2.45, 2.75) is 25.3 Å². The number of piperazine rings is 1. The van der Waals surface area contributed by atoms with E-state index in [1.165, 1.54) is 0 Å². The van der Waals surface area contributed by atoms with E-state index < -0.39 is 0 Å². The van der Waals surface area contributed by atoms with Crippen LogP contribution in [0.4, 0.5) is 0 Å². The van der Waals surface area contributed by atoms with Crippen molar-refractivity contribution in [3.05, 3.63) is 23.0 Å². The van der Waals surface area contributed by atoms with Crippen LogP contribution in [0.2, 0.25) is 5.02 Å². The Morgan fingerprint density at radius 1 is 1.38 bits per heavy atom. The molecule has 0 spiro atoms. The third kappa shape index (κ3) is 3.99. The molecule has 1 saturated heterocycles. The Bertz CT molecular complexity index is 492. The summed E-state index contributed by atoms with van der Waals surface area (Å²) in [6, 6.07) is 2.24. The molecule has 0 atom stereocenters. The fourth-order valence-corrected chi connectivity index (χ4v) is 3.02. The van der Waals surface area contributed by atoms with E-state index in [0.717, 1.165) is 58.5 Å². The zero-order valence-electron chi connectivity index (χ0n) is 12.3. The van der Waals surface area contributed by atoms with Gasteiger partial charge in [0.2, 0.25) is 0 Å². The summed E-state index contributed by atoms with van der Waals surface area (Å²) in [6.07, 6.45) is 5.15. The van der Waals surface area contributed by atoms with Gasteiger partial charge in [0.1, 0.15) is 5.69 Å². The number of carbonyl (C=O) groups is 1. The Hall–Kier alpha value is -1.04. The lowest BCUT2D eigenvalue weighted by atomic mass is 10.3. The summed E-state index contributed by atoms with van der Waals surface area (Å²) in [6.45, 7) is 6.12. The van der Waals surface area contributed by atoms with E-state index in [1.54, 1.807) is 6.07 Å². The number of rotatable bonds is 6. The Morgan fingerprint density at radius 3 is 2.86 bits per heavy atom. The number of hydrogen-bond acceptors (Lipinski definition) is 3. The molecule has 3 rings (SSSR count). The lowest BCUT2D eigenvalue weighted by Crippen LogP contribution is -2.44. The third-order valence-electron chi connectivity index (χ3n) is 4.13. The van der Waals surface area contributed by atoms with Crippen LogP contribution < -0.4 is 10.6 Å². The molecule has 2 heterocycles. The number of aromatic nitrogens is 1. The summed E-state index contributed by atoms with van der Waals surface area (Å²) in [5.41, 5.74) is 0.699. The van der Waals surface area contributed by atoms with Crippen LogP contribution in [0.1, 0.15) is 35.8 Å². The van der Waals surface area contributed by atoms with Gasteiger partial charge in [-0.15, -0.1) is 0 Å². The second kappa shape index (κ2) is 6.81. The average molecular weight is 311 g/mol.